The summed E-state index contributed by atoms with van der Waals surface area (Å²) in [6.45, 7) is 3.46. The van der Waals surface area contributed by atoms with Gasteiger partial charge >= 0.3 is 0 Å². The largest absolute Gasteiger partial charge is 0.387 e. The molecule has 0 aliphatic carbocycles. The Bertz CT molecular complexity index is 248. The molecular weight excluding hydrogens is 186 g/mol. The number of aliphatic hydroxyl groups excluding tert-OH is 1. The molecule has 1 aromatic rings. The summed E-state index contributed by atoms with van der Waals surface area (Å²) in [5.74, 6) is 0. The van der Waals surface area contributed by atoms with Crippen molar-refractivity contribution in [2.24, 2.45) is 0 Å². The fourth-order valence-electron chi connectivity index (χ4n) is 1.08. The zero-order valence-electron chi connectivity index (χ0n) is 7.63. The van der Waals surface area contributed by atoms with Gasteiger partial charge in [0.1, 0.15) is 0 Å². The minimum Gasteiger partial charge on any atom is -0.387 e. The molecule has 0 amide bonds. The van der Waals surface area contributed by atoms with Crippen molar-refractivity contribution in [2.45, 2.75) is 13.0 Å². The third-order valence-corrected chi connectivity index (χ3v) is 2.09. The Labute approximate surface area is 83.5 Å². The van der Waals surface area contributed by atoms with Crippen LogP contribution in [0.4, 0.5) is 0 Å². The number of nitrogens with one attached hydrogen (secondary N) is 1. The predicted molar refractivity (Wildman–Crippen MR) is 55.0 cm³/mol. The van der Waals surface area contributed by atoms with Crippen LogP contribution in [0.25, 0.3) is 0 Å². The van der Waals surface area contributed by atoms with Gasteiger partial charge in [-0.1, -0.05) is 30.7 Å². The zero-order valence-corrected chi connectivity index (χ0v) is 8.38. The molecule has 0 saturated heterocycles. The highest BCUT2D eigenvalue weighted by molar-refractivity contribution is 6.30. The summed E-state index contributed by atoms with van der Waals surface area (Å²) in [4.78, 5) is 0. The first-order valence-electron chi connectivity index (χ1n) is 4.38. The van der Waals surface area contributed by atoms with E-state index in [0.29, 0.717) is 11.6 Å². The monoisotopic (exact) mass is 199 g/mol. The Balaban J connectivity index is 2.55. The second kappa shape index (κ2) is 5.22. The molecule has 0 aliphatic heterocycles. The Kier molecular flexibility index (Phi) is 4.22. The maximum atomic E-state index is 9.64. The quantitative estimate of drug-likeness (QED) is 0.778. The minimum absolute atomic E-state index is 0.447. The lowest BCUT2D eigenvalue weighted by atomic mass is 10.1. The lowest BCUT2D eigenvalue weighted by Gasteiger charge is -2.10. The Hall–Kier alpha value is -0.570. The van der Waals surface area contributed by atoms with Crippen LogP contribution in [0, 0.1) is 0 Å². The van der Waals surface area contributed by atoms with Gasteiger partial charge in [-0.15, -0.1) is 0 Å². The molecule has 1 atom stereocenters. The van der Waals surface area contributed by atoms with E-state index in [1.54, 1.807) is 12.1 Å². The summed E-state index contributed by atoms with van der Waals surface area (Å²) in [5, 5.41) is 13.4. The lowest BCUT2D eigenvalue weighted by molar-refractivity contribution is 0.175. The fraction of sp³-hybridized carbons (Fsp3) is 0.400. The van der Waals surface area contributed by atoms with E-state index in [-0.39, 0.29) is 0 Å². The molecular formula is C10H14ClNO. The van der Waals surface area contributed by atoms with Gasteiger partial charge < -0.3 is 10.4 Å². The molecule has 0 fully saturated rings. The smallest absolute Gasteiger partial charge is 0.0914 e. The van der Waals surface area contributed by atoms with E-state index in [4.69, 9.17) is 11.6 Å². The third-order valence-electron chi connectivity index (χ3n) is 1.84. The van der Waals surface area contributed by atoms with Crippen LogP contribution in [0.15, 0.2) is 24.3 Å². The van der Waals surface area contributed by atoms with Gasteiger partial charge in [-0.05, 0) is 24.2 Å². The highest BCUT2D eigenvalue weighted by Gasteiger charge is 2.05. The van der Waals surface area contributed by atoms with Crippen LogP contribution in [-0.4, -0.2) is 18.2 Å². The second-order valence-electron chi connectivity index (χ2n) is 2.88. The summed E-state index contributed by atoms with van der Waals surface area (Å²) in [6, 6.07) is 7.24. The van der Waals surface area contributed by atoms with Gasteiger partial charge in [-0.3, -0.25) is 0 Å². The van der Waals surface area contributed by atoms with Gasteiger partial charge in [-0.25, -0.2) is 0 Å². The van der Waals surface area contributed by atoms with Crippen molar-refractivity contribution >= 4 is 11.6 Å². The minimum atomic E-state index is -0.447. The van der Waals surface area contributed by atoms with E-state index in [2.05, 4.69) is 5.32 Å². The molecule has 0 aromatic heterocycles. The maximum absolute atomic E-state index is 9.64. The highest BCUT2D eigenvalue weighted by Crippen LogP contribution is 2.15. The number of hydrogen-bond acceptors (Lipinski definition) is 2. The number of hydrogen-bond donors (Lipinski definition) is 2. The first-order chi connectivity index (χ1) is 6.24. The van der Waals surface area contributed by atoms with Crippen LogP contribution in [0.1, 0.15) is 18.6 Å². The third kappa shape index (κ3) is 3.35. The SMILES string of the molecule is CCNC[C@@H](O)c1ccc(Cl)cc1. The molecule has 0 spiro atoms. The van der Waals surface area contributed by atoms with Gasteiger partial charge in [0.25, 0.3) is 0 Å². The van der Waals surface area contributed by atoms with E-state index >= 15 is 0 Å². The van der Waals surface area contributed by atoms with Crippen LogP contribution in [0.2, 0.25) is 5.02 Å². The maximum Gasteiger partial charge on any atom is 0.0914 e. The number of aliphatic hydroxyl groups is 1. The molecule has 0 saturated carbocycles. The molecule has 0 unspecified atom stereocenters. The van der Waals surface area contributed by atoms with Crippen LogP contribution < -0.4 is 5.32 Å². The van der Waals surface area contributed by atoms with Crippen LogP contribution >= 0.6 is 11.6 Å². The fourth-order valence-corrected chi connectivity index (χ4v) is 1.21. The average Bonchev–Trinajstić information content (AvgIpc) is 2.15. The normalized spacial score (nSPS) is 12.8. The van der Waals surface area contributed by atoms with Crippen molar-refractivity contribution in [1.29, 1.82) is 0 Å². The van der Waals surface area contributed by atoms with Gasteiger partial charge in [0.2, 0.25) is 0 Å². The average molecular weight is 200 g/mol. The summed E-state index contributed by atoms with van der Waals surface area (Å²) < 4.78 is 0. The van der Waals surface area contributed by atoms with Crippen molar-refractivity contribution in [3.8, 4) is 0 Å². The molecule has 2 nitrogen and oxygen atoms in total. The molecule has 0 heterocycles. The van der Waals surface area contributed by atoms with Gasteiger partial charge in [0.05, 0.1) is 6.10 Å². The first-order valence-corrected chi connectivity index (χ1v) is 4.76. The summed E-state index contributed by atoms with van der Waals surface area (Å²) in [6.07, 6.45) is -0.447. The van der Waals surface area contributed by atoms with Crippen molar-refractivity contribution < 1.29 is 5.11 Å². The molecule has 0 bridgehead atoms. The van der Waals surface area contributed by atoms with Crippen molar-refractivity contribution in [3.05, 3.63) is 34.9 Å². The van der Waals surface area contributed by atoms with E-state index in [1.165, 1.54) is 0 Å². The standard InChI is InChI=1S/C10H14ClNO/c1-2-12-7-10(13)8-3-5-9(11)6-4-8/h3-6,10,12-13H,2,7H2,1H3/t10-/m1/s1. The summed E-state index contributed by atoms with van der Waals surface area (Å²) in [7, 11) is 0. The van der Waals surface area contributed by atoms with Gasteiger partial charge in [0, 0.05) is 11.6 Å². The molecule has 3 heteroatoms. The zero-order chi connectivity index (χ0) is 9.68. The van der Waals surface area contributed by atoms with E-state index in [9.17, 15) is 5.11 Å². The van der Waals surface area contributed by atoms with Crippen LogP contribution in [-0.2, 0) is 0 Å². The van der Waals surface area contributed by atoms with Crippen molar-refractivity contribution in [1.82, 2.24) is 5.32 Å². The summed E-state index contributed by atoms with van der Waals surface area (Å²) in [5.41, 5.74) is 0.894. The highest BCUT2D eigenvalue weighted by atomic mass is 35.5. The Morgan fingerprint density at radius 3 is 2.54 bits per heavy atom. The number of rotatable bonds is 4. The number of halogens is 1. The molecule has 1 aromatic carbocycles. The van der Waals surface area contributed by atoms with Gasteiger partial charge in [0.15, 0.2) is 0 Å². The van der Waals surface area contributed by atoms with Gasteiger partial charge in [-0.2, -0.15) is 0 Å². The molecule has 13 heavy (non-hydrogen) atoms. The molecule has 0 aliphatic rings. The molecule has 72 valence electrons. The Morgan fingerprint density at radius 2 is 2.00 bits per heavy atom. The number of likely N-dealkylation sites (N-methyl/N-ethyl adjacent to an activating group) is 1. The number of benzene rings is 1. The molecule has 1 rings (SSSR count). The van der Waals surface area contributed by atoms with Crippen molar-refractivity contribution in [3.63, 3.8) is 0 Å². The molecule has 0 radical (unpaired) electrons. The van der Waals surface area contributed by atoms with E-state index in [1.807, 2.05) is 19.1 Å². The van der Waals surface area contributed by atoms with E-state index in [0.717, 1.165) is 12.1 Å². The Morgan fingerprint density at radius 1 is 1.38 bits per heavy atom. The topological polar surface area (TPSA) is 32.3 Å². The van der Waals surface area contributed by atoms with Crippen LogP contribution in [0.3, 0.4) is 0 Å². The lowest BCUT2D eigenvalue weighted by Crippen LogP contribution is -2.20. The predicted octanol–water partition coefficient (Wildman–Crippen LogP) is 1.98. The van der Waals surface area contributed by atoms with Crippen LogP contribution in [0.5, 0.6) is 0 Å². The second-order valence-corrected chi connectivity index (χ2v) is 3.31. The summed E-state index contributed by atoms with van der Waals surface area (Å²) >= 11 is 5.72. The van der Waals surface area contributed by atoms with Crippen molar-refractivity contribution in [2.75, 3.05) is 13.1 Å². The van der Waals surface area contributed by atoms with E-state index < -0.39 is 6.10 Å². The molecule has 2 N–H and O–H groups in total. The first kappa shape index (κ1) is 10.5.